The van der Waals surface area contributed by atoms with E-state index in [-0.39, 0.29) is 34.9 Å². The summed E-state index contributed by atoms with van der Waals surface area (Å²) in [6.45, 7) is 0. The first-order valence-corrected chi connectivity index (χ1v) is 3.20. The molecule has 0 aromatic rings. The molecule has 0 amide bonds. The molecular weight excluding hydrogens is 296 g/mol. The summed E-state index contributed by atoms with van der Waals surface area (Å²) in [5.74, 6) is 0. The molecule has 0 heterocycles. The van der Waals surface area contributed by atoms with Gasteiger partial charge in [0, 0.05) is 0 Å². The molecule has 0 radical (unpaired) electrons. The summed E-state index contributed by atoms with van der Waals surface area (Å²) in [6.07, 6.45) is 0. The molecule has 7 heavy (non-hydrogen) atoms. The van der Waals surface area contributed by atoms with Crippen LogP contribution in [0.4, 0.5) is 0 Å². The van der Waals surface area contributed by atoms with E-state index in [1.165, 1.54) is 0 Å². The number of rotatable bonds is 0. The van der Waals surface area contributed by atoms with Crippen LogP contribution < -0.4 is 0 Å². The molecule has 0 spiro atoms. The third-order valence-corrected chi connectivity index (χ3v) is 0. The zero-order valence-corrected chi connectivity index (χ0v) is 9.64. The summed E-state index contributed by atoms with van der Waals surface area (Å²) in [6, 6.07) is 0. The topological polar surface area (TPSA) is 0 Å². The van der Waals surface area contributed by atoms with Crippen molar-refractivity contribution in [2.75, 3.05) is 0 Å². The molecule has 0 unspecified atom stereocenters. The number of hydrogen-bond donors (Lipinski definition) is 0. The predicted molar refractivity (Wildman–Crippen MR) is 52.8 cm³/mol. The molecule has 0 N–H and O–H groups in total. The van der Waals surface area contributed by atoms with Crippen molar-refractivity contribution < 1.29 is 0 Å². The minimum absolute atomic E-state index is 0. The van der Waals surface area contributed by atoms with E-state index in [2.05, 4.69) is 0 Å². The summed E-state index contributed by atoms with van der Waals surface area (Å²) < 4.78 is -0.944. The van der Waals surface area contributed by atoms with Crippen molar-refractivity contribution in [3.8, 4) is 0 Å². The maximum absolute atomic E-state index is 5.12. The minimum atomic E-state index is -0.944. The van der Waals surface area contributed by atoms with Crippen LogP contribution in [0.15, 0.2) is 0 Å². The predicted octanol–water partition coefficient (Wildman–Crippen LogP) is 0.649. The Bertz CT molecular complexity index is 30.4. The molecule has 0 aliphatic heterocycles. The van der Waals surface area contributed by atoms with E-state index in [0.717, 1.165) is 0 Å². The fourth-order valence-electron chi connectivity index (χ4n) is 0. The Morgan fingerprint density at radius 2 is 1.14 bits per heavy atom. The van der Waals surface area contributed by atoms with E-state index in [9.17, 15) is 0 Å². The normalized spacial score (nSPS) is 8.71. The quantitative estimate of drug-likeness (QED) is 0.350. The van der Waals surface area contributed by atoms with Crippen molar-refractivity contribution in [3.05, 3.63) is 0 Å². The van der Waals surface area contributed by atoms with Gasteiger partial charge in [0.05, 0.1) is 0 Å². The Morgan fingerprint density at radius 1 is 1.14 bits per heavy atom. The SMILES string of the molecule is I.[Na][C](Cl)(Cl)Cl.[SiH4]. The molecule has 0 bridgehead atoms. The van der Waals surface area contributed by atoms with Crippen LogP contribution in [0.25, 0.3) is 0 Å². The van der Waals surface area contributed by atoms with Gasteiger partial charge < -0.3 is 0 Å². The van der Waals surface area contributed by atoms with Crippen molar-refractivity contribution in [2.45, 2.75) is 1.04 Å². The van der Waals surface area contributed by atoms with Gasteiger partial charge in [-0.25, -0.2) is 0 Å². The molecule has 42 valence electrons. The van der Waals surface area contributed by atoms with Gasteiger partial charge in [-0.2, -0.15) is 0 Å². The maximum atomic E-state index is 5.12. The van der Waals surface area contributed by atoms with Gasteiger partial charge in [-0.15, -0.1) is 24.0 Å². The van der Waals surface area contributed by atoms with Crippen LogP contribution in [-0.4, -0.2) is 39.9 Å². The second kappa shape index (κ2) is 6.93. The van der Waals surface area contributed by atoms with Crippen molar-refractivity contribution in [1.82, 2.24) is 0 Å². The summed E-state index contributed by atoms with van der Waals surface area (Å²) in [7, 11) is 0. The minimum Gasteiger partial charge on any atom is -0.0149 e. The van der Waals surface area contributed by atoms with Crippen LogP contribution in [0.1, 0.15) is 0 Å². The van der Waals surface area contributed by atoms with E-state index in [1.807, 2.05) is 0 Å². The van der Waals surface area contributed by atoms with Crippen molar-refractivity contribution in [1.29, 1.82) is 0 Å². The molecule has 0 atom stereocenters. The van der Waals surface area contributed by atoms with Crippen LogP contribution >= 0.6 is 58.8 Å². The summed E-state index contributed by atoms with van der Waals surface area (Å²) in [5.41, 5.74) is 0. The van der Waals surface area contributed by atoms with Crippen molar-refractivity contribution >= 4 is 97.7 Å². The van der Waals surface area contributed by atoms with Crippen molar-refractivity contribution in [3.63, 3.8) is 0 Å². The second-order valence-electron chi connectivity index (χ2n) is 0.781. The van der Waals surface area contributed by atoms with Crippen LogP contribution in [0.2, 0.25) is 0 Å². The molecule has 0 aromatic carbocycles. The van der Waals surface area contributed by atoms with Gasteiger partial charge in [-0.1, -0.05) is 0 Å². The average Bonchev–Trinajstić information content (AvgIpc) is 0.722. The molecule has 0 aliphatic carbocycles. The zero-order valence-electron chi connectivity index (χ0n) is 3.04. The van der Waals surface area contributed by atoms with Crippen LogP contribution in [-0.2, 0) is 0 Å². The Kier molecular flexibility index (Phi) is 16.3. The van der Waals surface area contributed by atoms with E-state index >= 15 is 0 Å². The van der Waals surface area contributed by atoms with E-state index < -0.39 is 1.04 Å². The number of hydrogen-bond acceptors (Lipinski definition) is 0. The molecule has 0 nitrogen and oxygen atoms in total. The summed E-state index contributed by atoms with van der Waals surface area (Å²) in [4.78, 5) is 0. The maximum Gasteiger partial charge on any atom is -0.0149 e. The monoisotopic (exact) mass is 300 g/mol. The third kappa shape index (κ3) is 51.6. The smallest absolute Gasteiger partial charge is 0.0149 e. The Morgan fingerprint density at radius 3 is 1.14 bits per heavy atom. The first kappa shape index (κ1) is 16.4. The van der Waals surface area contributed by atoms with Gasteiger partial charge in [-0.05, 0) is 11.0 Å². The molecule has 6 heteroatoms. The Labute approximate surface area is 97.1 Å². The van der Waals surface area contributed by atoms with Crippen LogP contribution in [0.5, 0.6) is 0 Å². The largest absolute Gasteiger partial charge is 0.0149 e. The summed E-state index contributed by atoms with van der Waals surface area (Å²) in [5, 5.41) is 0. The van der Waals surface area contributed by atoms with E-state index in [4.69, 9.17) is 34.8 Å². The molecule has 0 rings (SSSR count). The van der Waals surface area contributed by atoms with Crippen LogP contribution in [0.3, 0.4) is 0 Å². The van der Waals surface area contributed by atoms with Gasteiger partial charge >= 0.3 is 63.8 Å². The average molecular weight is 301 g/mol. The summed E-state index contributed by atoms with van der Waals surface area (Å²) >= 11 is 16.0. The van der Waals surface area contributed by atoms with Gasteiger partial charge in [0.25, 0.3) is 0 Å². The fraction of sp³-hybridized carbons (Fsp3) is 1.00. The Balaban J connectivity index is -0.0000000800. The van der Waals surface area contributed by atoms with Gasteiger partial charge in [0.2, 0.25) is 0 Å². The van der Waals surface area contributed by atoms with Crippen LogP contribution in [0, 0.1) is 0 Å². The molecule has 0 aromatic heterocycles. The fourth-order valence-corrected chi connectivity index (χ4v) is 0. The van der Waals surface area contributed by atoms with Crippen molar-refractivity contribution in [2.24, 2.45) is 0 Å². The molecule has 0 saturated carbocycles. The molecule has 0 fully saturated rings. The molecular formula is CH5Cl3INaSi. The molecule has 0 aliphatic rings. The number of halogens is 4. The van der Waals surface area contributed by atoms with Gasteiger partial charge in [-0.3, -0.25) is 0 Å². The first-order chi connectivity index (χ1) is 2.00. The standard InChI is InChI=1S/CCl3.HI.Na.H4Si/c2-1(3)4;;;/h;1H;;1H4. The number of alkyl halides is 3. The third-order valence-electron chi connectivity index (χ3n) is 0. The second-order valence-corrected chi connectivity index (χ2v) is 7.03. The first-order valence-electron chi connectivity index (χ1n) is 1.07. The zero-order chi connectivity index (χ0) is 4.50. The van der Waals surface area contributed by atoms with E-state index in [0.29, 0.717) is 27.9 Å². The Hall–Kier alpha value is 2.82. The van der Waals surface area contributed by atoms with E-state index in [1.54, 1.807) is 0 Å². The van der Waals surface area contributed by atoms with Gasteiger partial charge in [0.15, 0.2) is 0 Å². The van der Waals surface area contributed by atoms with Gasteiger partial charge in [0.1, 0.15) is 0 Å². The molecule has 0 saturated heterocycles.